The monoisotopic (exact) mass is 358 g/mol. The SMILES string of the molecule is CC(C)c1cc(NS(=O)(=O)c2ccc(Br)c(N)c2)n[nH]1. The van der Waals surface area contributed by atoms with E-state index in [9.17, 15) is 8.42 Å². The molecule has 0 radical (unpaired) electrons. The first-order valence-electron chi connectivity index (χ1n) is 5.93. The number of nitrogens with zero attached hydrogens (tertiary/aromatic N) is 1. The number of halogens is 1. The first kappa shape index (κ1) is 14.9. The summed E-state index contributed by atoms with van der Waals surface area (Å²) >= 11 is 3.22. The number of anilines is 2. The Morgan fingerprint density at radius 2 is 2.05 bits per heavy atom. The summed E-state index contributed by atoms with van der Waals surface area (Å²) in [5.74, 6) is 0.499. The van der Waals surface area contributed by atoms with Gasteiger partial charge in [-0.05, 0) is 40.0 Å². The zero-order valence-electron chi connectivity index (χ0n) is 11.0. The van der Waals surface area contributed by atoms with Crippen LogP contribution < -0.4 is 10.5 Å². The molecule has 0 amide bonds. The molecule has 0 atom stereocenters. The van der Waals surface area contributed by atoms with Gasteiger partial charge in [0.2, 0.25) is 0 Å². The van der Waals surface area contributed by atoms with E-state index in [0.717, 1.165) is 5.69 Å². The maximum Gasteiger partial charge on any atom is 0.263 e. The molecule has 2 aromatic rings. The second kappa shape index (κ2) is 5.45. The molecular weight excluding hydrogens is 344 g/mol. The fourth-order valence-corrected chi connectivity index (χ4v) is 2.84. The lowest BCUT2D eigenvalue weighted by molar-refractivity contribution is 0.601. The van der Waals surface area contributed by atoms with Gasteiger partial charge >= 0.3 is 0 Å². The Morgan fingerprint density at radius 1 is 1.35 bits per heavy atom. The standard InChI is InChI=1S/C12H15BrN4O2S/c1-7(2)11-6-12(16-15-11)17-20(18,19)8-3-4-9(13)10(14)5-8/h3-7H,14H2,1-2H3,(H2,15,16,17). The van der Waals surface area contributed by atoms with Crippen LogP contribution in [0.1, 0.15) is 25.5 Å². The molecular formula is C12H15BrN4O2S. The molecule has 0 spiro atoms. The number of benzene rings is 1. The van der Waals surface area contributed by atoms with E-state index in [0.29, 0.717) is 10.2 Å². The van der Waals surface area contributed by atoms with E-state index >= 15 is 0 Å². The highest BCUT2D eigenvalue weighted by Crippen LogP contribution is 2.24. The van der Waals surface area contributed by atoms with E-state index in [1.54, 1.807) is 12.1 Å². The minimum atomic E-state index is -3.70. The Labute approximate surface area is 125 Å². The van der Waals surface area contributed by atoms with Crippen molar-refractivity contribution < 1.29 is 8.42 Å². The van der Waals surface area contributed by atoms with Crippen LogP contribution in [0.4, 0.5) is 11.5 Å². The van der Waals surface area contributed by atoms with Crippen LogP contribution in [0.15, 0.2) is 33.6 Å². The molecule has 0 aliphatic rings. The summed E-state index contributed by atoms with van der Waals surface area (Å²) in [6.45, 7) is 3.97. The number of nitrogen functional groups attached to an aromatic ring is 1. The maximum absolute atomic E-state index is 12.2. The lowest BCUT2D eigenvalue weighted by Gasteiger charge is -2.06. The summed E-state index contributed by atoms with van der Waals surface area (Å²) < 4.78 is 27.5. The molecule has 4 N–H and O–H groups in total. The van der Waals surface area contributed by atoms with Crippen molar-refractivity contribution in [2.45, 2.75) is 24.7 Å². The number of sulfonamides is 1. The van der Waals surface area contributed by atoms with E-state index in [1.165, 1.54) is 12.1 Å². The molecule has 0 bridgehead atoms. The normalized spacial score (nSPS) is 11.8. The summed E-state index contributed by atoms with van der Waals surface area (Å²) in [5.41, 5.74) is 6.91. The van der Waals surface area contributed by atoms with Crippen LogP contribution in [0.2, 0.25) is 0 Å². The Hall–Kier alpha value is -1.54. The molecule has 1 heterocycles. The van der Waals surface area contributed by atoms with Gasteiger partial charge in [0.15, 0.2) is 5.82 Å². The van der Waals surface area contributed by atoms with E-state index in [4.69, 9.17) is 5.73 Å². The molecule has 6 nitrogen and oxygen atoms in total. The first-order valence-corrected chi connectivity index (χ1v) is 8.20. The highest BCUT2D eigenvalue weighted by molar-refractivity contribution is 9.10. The van der Waals surface area contributed by atoms with Crippen LogP contribution in [0, 0.1) is 0 Å². The first-order chi connectivity index (χ1) is 9.29. The molecule has 1 aromatic heterocycles. The van der Waals surface area contributed by atoms with Crippen molar-refractivity contribution >= 4 is 37.5 Å². The number of aromatic nitrogens is 2. The molecule has 0 saturated carbocycles. The predicted octanol–water partition coefficient (Wildman–Crippen LogP) is 2.68. The number of hydrogen-bond acceptors (Lipinski definition) is 4. The fourth-order valence-electron chi connectivity index (χ4n) is 1.57. The predicted molar refractivity (Wildman–Crippen MR) is 82.0 cm³/mol. The van der Waals surface area contributed by atoms with Gasteiger partial charge in [0.05, 0.1) is 4.90 Å². The van der Waals surface area contributed by atoms with Gasteiger partial charge in [-0.15, -0.1) is 0 Å². The van der Waals surface area contributed by atoms with E-state index in [1.807, 2.05) is 13.8 Å². The average Bonchev–Trinajstić information content (AvgIpc) is 2.80. The Kier molecular flexibility index (Phi) is 4.05. The Balaban J connectivity index is 2.28. The van der Waals surface area contributed by atoms with Gasteiger partial charge in [-0.2, -0.15) is 5.10 Å². The third-order valence-corrected chi connectivity index (χ3v) is 4.81. The van der Waals surface area contributed by atoms with Crippen LogP contribution in [0.25, 0.3) is 0 Å². The van der Waals surface area contributed by atoms with Crippen LogP contribution in [-0.2, 0) is 10.0 Å². The second-order valence-corrected chi connectivity index (χ2v) is 7.19. The number of hydrogen-bond donors (Lipinski definition) is 3. The van der Waals surface area contributed by atoms with Gasteiger partial charge in [-0.1, -0.05) is 13.8 Å². The van der Waals surface area contributed by atoms with Crippen LogP contribution in [-0.4, -0.2) is 18.6 Å². The van der Waals surface area contributed by atoms with E-state index in [2.05, 4.69) is 30.8 Å². The lowest BCUT2D eigenvalue weighted by atomic mass is 10.1. The summed E-state index contributed by atoms with van der Waals surface area (Å²) in [5, 5.41) is 6.72. The summed E-state index contributed by atoms with van der Waals surface area (Å²) in [6.07, 6.45) is 0. The summed E-state index contributed by atoms with van der Waals surface area (Å²) in [7, 11) is -3.70. The number of rotatable bonds is 4. The average molecular weight is 359 g/mol. The number of nitrogens with two attached hydrogens (primary N) is 1. The molecule has 0 aliphatic heterocycles. The van der Waals surface area contributed by atoms with Gasteiger partial charge in [0.25, 0.3) is 10.0 Å². The number of H-pyrrole nitrogens is 1. The molecule has 20 heavy (non-hydrogen) atoms. The molecule has 0 unspecified atom stereocenters. The smallest absolute Gasteiger partial charge is 0.263 e. The van der Waals surface area contributed by atoms with E-state index in [-0.39, 0.29) is 16.6 Å². The van der Waals surface area contributed by atoms with Gasteiger partial charge in [-0.25, -0.2) is 8.42 Å². The van der Waals surface area contributed by atoms with Gasteiger partial charge in [-0.3, -0.25) is 9.82 Å². The second-order valence-electron chi connectivity index (χ2n) is 4.65. The van der Waals surface area contributed by atoms with Crippen LogP contribution >= 0.6 is 15.9 Å². The van der Waals surface area contributed by atoms with Gasteiger partial charge < -0.3 is 5.73 Å². The fraction of sp³-hybridized carbons (Fsp3) is 0.250. The van der Waals surface area contributed by atoms with Crippen LogP contribution in [0.5, 0.6) is 0 Å². The topological polar surface area (TPSA) is 101 Å². The molecule has 8 heteroatoms. The van der Waals surface area contributed by atoms with Crippen molar-refractivity contribution in [2.75, 3.05) is 10.5 Å². The Morgan fingerprint density at radius 3 is 2.60 bits per heavy atom. The van der Waals surface area contributed by atoms with Crippen molar-refractivity contribution in [3.8, 4) is 0 Å². The molecule has 0 fully saturated rings. The summed E-state index contributed by atoms with van der Waals surface area (Å²) in [6, 6.07) is 6.12. The number of aromatic amines is 1. The molecule has 108 valence electrons. The maximum atomic E-state index is 12.2. The number of nitrogens with one attached hydrogen (secondary N) is 2. The molecule has 0 aliphatic carbocycles. The summed E-state index contributed by atoms with van der Waals surface area (Å²) in [4.78, 5) is 0.0901. The molecule has 0 saturated heterocycles. The molecule has 2 rings (SSSR count). The van der Waals surface area contributed by atoms with Crippen molar-refractivity contribution in [2.24, 2.45) is 0 Å². The van der Waals surface area contributed by atoms with Crippen LogP contribution in [0.3, 0.4) is 0 Å². The largest absolute Gasteiger partial charge is 0.398 e. The van der Waals surface area contributed by atoms with Gasteiger partial charge in [0, 0.05) is 21.9 Å². The molecule has 1 aromatic carbocycles. The highest BCUT2D eigenvalue weighted by Gasteiger charge is 2.17. The zero-order valence-corrected chi connectivity index (χ0v) is 13.4. The van der Waals surface area contributed by atoms with Crippen molar-refractivity contribution in [3.05, 3.63) is 34.4 Å². The minimum Gasteiger partial charge on any atom is -0.398 e. The van der Waals surface area contributed by atoms with Crippen molar-refractivity contribution in [1.29, 1.82) is 0 Å². The van der Waals surface area contributed by atoms with Crippen molar-refractivity contribution in [3.63, 3.8) is 0 Å². The third kappa shape index (κ3) is 3.13. The lowest BCUT2D eigenvalue weighted by Crippen LogP contribution is -2.13. The highest BCUT2D eigenvalue weighted by atomic mass is 79.9. The van der Waals surface area contributed by atoms with Gasteiger partial charge in [0.1, 0.15) is 0 Å². The minimum absolute atomic E-state index is 0.0901. The quantitative estimate of drug-likeness (QED) is 0.731. The zero-order chi connectivity index (χ0) is 14.9. The van der Waals surface area contributed by atoms with Crippen molar-refractivity contribution in [1.82, 2.24) is 10.2 Å². The Bertz CT molecular complexity index is 725. The van der Waals surface area contributed by atoms with E-state index < -0.39 is 10.0 Å². The third-order valence-electron chi connectivity index (χ3n) is 2.74.